The fourth-order valence-electron chi connectivity index (χ4n) is 2.73. The van der Waals surface area contributed by atoms with Gasteiger partial charge in [0.25, 0.3) is 0 Å². The molecule has 1 atom stereocenters. The van der Waals surface area contributed by atoms with Crippen LogP contribution in [-0.2, 0) is 9.84 Å². The summed E-state index contributed by atoms with van der Waals surface area (Å²) >= 11 is 0. The van der Waals surface area contributed by atoms with Gasteiger partial charge in [-0.1, -0.05) is 6.07 Å². The molecule has 0 aliphatic carbocycles. The van der Waals surface area contributed by atoms with Crippen molar-refractivity contribution in [2.45, 2.75) is 10.9 Å². The van der Waals surface area contributed by atoms with Gasteiger partial charge in [-0.05, 0) is 12.1 Å². The number of nitrogens with zero attached hydrogens (tertiary/aromatic N) is 1. The van der Waals surface area contributed by atoms with E-state index in [-0.39, 0.29) is 0 Å². The van der Waals surface area contributed by atoms with E-state index >= 15 is 0 Å². The second-order valence-corrected chi connectivity index (χ2v) is 6.84. The zero-order chi connectivity index (χ0) is 12.8. The Hall–Kier alpha value is -1.27. The van der Waals surface area contributed by atoms with Crippen molar-refractivity contribution in [3.63, 3.8) is 0 Å². The van der Waals surface area contributed by atoms with E-state index in [9.17, 15) is 8.42 Å². The topological polar surface area (TPSA) is 61.4 Å². The molecule has 0 bridgehead atoms. The molecule has 1 unspecified atom stereocenters. The Morgan fingerprint density at radius 2 is 2.17 bits per heavy atom. The van der Waals surface area contributed by atoms with Gasteiger partial charge in [0.1, 0.15) is 0 Å². The van der Waals surface area contributed by atoms with Crippen LogP contribution < -0.4 is 15.5 Å². The Morgan fingerprint density at radius 3 is 2.94 bits per heavy atom. The van der Waals surface area contributed by atoms with Crippen molar-refractivity contribution in [1.29, 1.82) is 0 Å². The van der Waals surface area contributed by atoms with Crippen LogP contribution in [0.3, 0.4) is 0 Å². The van der Waals surface area contributed by atoms with Gasteiger partial charge >= 0.3 is 0 Å². The van der Waals surface area contributed by atoms with Gasteiger partial charge in [0, 0.05) is 32.4 Å². The van der Waals surface area contributed by atoms with E-state index < -0.39 is 9.84 Å². The Morgan fingerprint density at radius 1 is 1.33 bits per heavy atom. The standard InChI is InChI=1S/C12H17N3O2S/c1-18(16,17)11-4-2-3-10-12(11)14-8-9-7-13-5-6-15(9)10/h2-4,9,13-14H,5-8H2,1H3. The van der Waals surface area contributed by atoms with Crippen LogP contribution in [0.15, 0.2) is 23.1 Å². The molecule has 98 valence electrons. The molecular weight excluding hydrogens is 250 g/mol. The molecule has 6 heteroatoms. The first-order valence-electron chi connectivity index (χ1n) is 6.11. The minimum Gasteiger partial charge on any atom is -0.380 e. The largest absolute Gasteiger partial charge is 0.380 e. The van der Waals surface area contributed by atoms with Crippen LogP contribution in [0.4, 0.5) is 11.4 Å². The minimum absolute atomic E-state index is 0.400. The van der Waals surface area contributed by atoms with Crippen LogP contribution in [0.1, 0.15) is 0 Å². The Balaban J connectivity index is 2.11. The summed E-state index contributed by atoms with van der Waals surface area (Å²) in [6.07, 6.45) is 1.26. The maximum Gasteiger partial charge on any atom is 0.177 e. The highest BCUT2D eigenvalue weighted by Gasteiger charge is 2.30. The Kier molecular flexibility index (Phi) is 2.71. The fourth-order valence-corrected chi connectivity index (χ4v) is 3.60. The molecule has 3 rings (SSSR count). The maximum atomic E-state index is 11.8. The summed E-state index contributed by atoms with van der Waals surface area (Å²) < 4.78 is 23.6. The number of sulfone groups is 1. The zero-order valence-corrected chi connectivity index (χ0v) is 11.1. The predicted molar refractivity (Wildman–Crippen MR) is 72.0 cm³/mol. The number of hydrogen-bond acceptors (Lipinski definition) is 5. The molecule has 18 heavy (non-hydrogen) atoms. The lowest BCUT2D eigenvalue weighted by atomic mass is 10.1. The van der Waals surface area contributed by atoms with E-state index in [1.54, 1.807) is 6.07 Å². The number of hydrogen-bond donors (Lipinski definition) is 2. The van der Waals surface area contributed by atoms with Crippen LogP contribution in [0.5, 0.6) is 0 Å². The maximum absolute atomic E-state index is 11.8. The van der Waals surface area contributed by atoms with E-state index in [0.29, 0.717) is 10.9 Å². The smallest absolute Gasteiger partial charge is 0.177 e. The molecule has 0 aromatic heterocycles. The molecule has 2 heterocycles. The van der Waals surface area contributed by atoms with Gasteiger partial charge in [0.2, 0.25) is 0 Å². The quantitative estimate of drug-likeness (QED) is 0.766. The van der Waals surface area contributed by atoms with Gasteiger partial charge in [-0.15, -0.1) is 0 Å². The van der Waals surface area contributed by atoms with Crippen molar-refractivity contribution < 1.29 is 8.42 Å². The number of piperazine rings is 1. The monoisotopic (exact) mass is 267 g/mol. The molecule has 2 N–H and O–H groups in total. The van der Waals surface area contributed by atoms with Crippen molar-refractivity contribution in [3.8, 4) is 0 Å². The second-order valence-electron chi connectivity index (χ2n) is 4.85. The first-order valence-corrected chi connectivity index (χ1v) is 8.01. The van der Waals surface area contributed by atoms with Gasteiger partial charge in [-0.25, -0.2) is 8.42 Å². The zero-order valence-electron chi connectivity index (χ0n) is 10.3. The van der Waals surface area contributed by atoms with Crippen molar-refractivity contribution in [2.24, 2.45) is 0 Å². The molecular formula is C12H17N3O2S. The van der Waals surface area contributed by atoms with Crippen LogP contribution in [-0.4, -0.2) is 46.9 Å². The van der Waals surface area contributed by atoms with E-state index in [1.165, 1.54) is 6.26 Å². The fraction of sp³-hybridized carbons (Fsp3) is 0.500. The molecule has 0 saturated carbocycles. The normalized spacial score (nSPS) is 22.9. The summed E-state index contributed by atoms with van der Waals surface area (Å²) in [4.78, 5) is 2.70. The highest BCUT2D eigenvalue weighted by molar-refractivity contribution is 7.90. The molecule has 0 radical (unpaired) electrons. The molecule has 1 fully saturated rings. The average Bonchev–Trinajstić information content (AvgIpc) is 2.36. The number of fused-ring (bicyclic) bond motifs is 3. The van der Waals surface area contributed by atoms with Crippen molar-refractivity contribution in [2.75, 3.05) is 42.7 Å². The number of anilines is 2. The highest BCUT2D eigenvalue weighted by atomic mass is 32.2. The molecule has 1 aromatic rings. The van der Waals surface area contributed by atoms with E-state index in [1.807, 2.05) is 12.1 Å². The SMILES string of the molecule is CS(=O)(=O)c1cccc2c1NCC1CNCCN21. The number of rotatable bonds is 1. The van der Waals surface area contributed by atoms with Crippen molar-refractivity contribution >= 4 is 21.2 Å². The van der Waals surface area contributed by atoms with Crippen LogP contribution in [0.25, 0.3) is 0 Å². The van der Waals surface area contributed by atoms with Gasteiger partial charge < -0.3 is 15.5 Å². The van der Waals surface area contributed by atoms with E-state index in [2.05, 4.69) is 15.5 Å². The first kappa shape index (κ1) is 11.8. The van der Waals surface area contributed by atoms with Gasteiger partial charge in [-0.3, -0.25) is 0 Å². The van der Waals surface area contributed by atoms with Gasteiger partial charge in [0.15, 0.2) is 9.84 Å². The highest BCUT2D eigenvalue weighted by Crippen LogP contribution is 2.36. The lowest BCUT2D eigenvalue weighted by Crippen LogP contribution is -2.56. The van der Waals surface area contributed by atoms with Crippen molar-refractivity contribution in [3.05, 3.63) is 18.2 Å². The summed E-state index contributed by atoms with van der Waals surface area (Å²) in [5, 5.41) is 6.64. The number of benzene rings is 1. The lowest BCUT2D eigenvalue weighted by molar-refractivity contribution is 0.481. The Labute approximate surface area is 107 Å². The minimum atomic E-state index is -3.19. The molecule has 0 spiro atoms. The van der Waals surface area contributed by atoms with Crippen molar-refractivity contribution in [1.82, 2.24) is 5.32 Å². The third kappa shape index (κ3) is 1.85. The van der Waals surface area contributed by atoms with Gasteiger partial charge in [0.05, 0.1) is 22.3 Å². The molecule has 5 nitrogen and oxygen atoms in total. The van der Waals surface area contributed by atoms with E-state index in [4.69, 9.17) is 0 Å². The van der Waals surface area contributed by atoms with Crippen LogP contribution in [0.2, 0.25) is 0 Å². The van der Waals surface area contributed by atoms with Gasteiger partial charge in [-0.2, -0.15) is 0 Å². The molecule has 2 aliphatic rings. The van der Waals surface area contributed by atoms with E-state index in [0.717, 1.165) is 37.6 Å². The summed E-state index contributed by atoms with van der Waals surface area (Å²) in [5.41, 5.74) is 1.77. The number of para-hydroxylation sites is 1. The summed E-state index contributed by atoms with van der Waals surface area (Å²) in [5.74, 6) is 0. The first-order chi connectivity index (χ1) is 8.57. The lowest BCUT2D eigenvalue weighted by Gasteiger charge is -2.43. The molecule has 1 aromatic carbocycles. The van der Waals surface area contributed by atoms with Crippen LogP contribution in [0, 0.1) is 0 Å². The molecule has 0 amide bonds. The second kappa shape index (κ2) is 4.13. The molecule has 1 saturated heterocycles. The third-order valence-electron chi connectivity index (χ3n) is 3.58. The van der Waals surface area contributed by atoms with Crippen LogP contribution >= 0.6 is 0 Å². The summed E-state index contributed by atoms with van der Waals surface area (Å²) in [6.45, 7) is 3.59. The number of nitrogens with one attached hydrogen (secondary N) is 2. The summed E-state index contributed by atoms with van der Waals surface area (Å²) in [6, 6.07) is 5.89. The average molecular weight is 267 g/mol. The Bertz CT molecular complexity index is 571. The third-order valence-corrected chi connectivity index (χ3v) is 4.72. The molecule has 2 aliphatic heterocycles. The summed E-state index contributed by atoms with van der Waals surface area (Å²) in [7, 11) is -3.19. The predicted octanol–water partition coefficient (Wildman–Crippen LogP) is 0.294.